The Balaban J connectivity index is 1.52. The van der Waals surface area contributed by atoms with E-state index in [4.69, 9.17) is 0 Å². The zero-order valence-electron chi connectivity index (χ0n) is 21.0. The Kier molecular flexibility index (Phi) is 7.05. The predicted octanol–water partition coefficient (Wildman–Crippen LogP) is 2.47. The van der Waals surface area contributed by atoms with E-state index in [0.717, 1.165) is 51.4 Å². The van der Waals surface area contributed by atoms with Gasteiger partial charge in [0.2, 0.25) is 0 Å². The van der Waals surface area contributed by atoms with E-state index in [2.05, 4.69) is 20.8 Å². The van der Waals surface area contributed by atoms with Crippen molar-refractivity contribution in [2.45, 2.75) is 115 Å². The molecular formula is C27H48O6. The quantitative estimate of drug-likeness (QED) is 0.356. The third-order valence-electron chi connectivity index (χ3n) is 11.5. The number of hydrogen-bond acceptors (Lipinski definition) is 6. The lowest BCUT2D eigenvalue weighted by atomic mass is 9.43. The van der Waals surface area contributed by atoms with Gasteiger partial charge in [0, 0.05) is 0 Å². The second kappa shape index (κ2) is 9.01. The molecule has 0 spiro atoms. The molecule has 33 heavy (non-hydrogen) atoms. The van der Waals surface area contributed by atoms with Gasteiger partial charge < -0.3 is 30.6 Å². The summed E-state index contributed by atoms with van der Waals surface area (Å²) in [6.07, 6.45) is 5.21. The van der Waals surface area contributed by atoms with Gasteiger partial charge in [-0.25, -0.2) is 0 Å². The van der Waals surface area contributed by atoms with Crippen molar-refractivity contribution >= 4 is 0 Å². The molecule has 0 aromatic heterocycles. The molecule has 0 aliphatic heterocycles. The highest BCUT2D eigenvalue weighted by Gasteiger charge is 2.65. The van der Waals surface area contributed by atoms with Crippen LogP contribution in [-0.4, -0.2) is 67.3 Å². The summed E-state index contributed by atoms with van der Waals surface area (Å²) in [4.78, 5) is 0. The predicted molar refractivity (Wildman–Crippen MR) is 126 cm³/mol. The molecule has 0 amide bonds. The second-order valence-corrected chi connectivity index (χ2v) is 13.1. The minimum Gasteiger partial charge on any atom is -0.393 e. The minimum absolute atomic E-state index is 0.0785. The standard InChI is InChI=1S/C27H48O6/c1-15(5-8-22(31)26(3,33)14-28)18-6-7-19-24-20(13-23(32)27(18,19)4)25(2)10-9-17(29)11-16(25)12-21(24)30/h15-24,28-33H,5-14H2,1-4H3/t15-,16?,17?,18-,19+,20+,21?,22?,23?,24+,25+,26?,27-/m1/s1. The smallest absolute Gasteiger partial charge is 0.111 e. The second-order valence-electron chi connectivity index (χ2n) is 13.1. The highest BCUT2D eigenvalue weighted by atomic mass is 16.4. The van der Waals surface area contributed by atoms with Crippen molar-refractivity contribution in [1.82, 2.24) is 0 Å². The Hall–Kier alpha value is -0.240. The zero-order valence-corrected chi connectivity index (χ0v) is 21.0. The largest absolute Gasteiger partial charge is 0.393 e. The van der Waals surface area contributed by atoms with E-state index >= 15 is 0 Å². The van der Waals surface area contributed by atoms with Gasteiger partial charge in [-0.15, -0.1) is 0 Å². The van der Waals surface area contributed by atoms with Crippen molar-refractivity contribution in [1.29, 1.82) is 0 Å². The van der Waals surface area contributed by atoms with Crippen LogP contribution in [-0.2, 0) is 0 Å². The Labute approximate surface area is 199 Å². The van der Waals surface area contributed by atoms with Gasteiger partial charge in [-0.05, 0) is 111 Å². The van der Waals surface area contributed by atoms with Crippen LogP contribution in [0.25, 0.3) is 0 Å². The first-order valence-electron chi connectivity index (χ1n) is 13.4. The lowest BCUT2D eigenvalue weighted by Crippen LogP contribution is -2.62. The molecular weight excluding hydrogens is 420 g/mol. The van der Waals surface area contributed by atoms with E-state index in [-0.39, 0.29) is 40.8 Å². The highest BCUT2D eigenvalue weighted by Crippen LogP contribution is 2.68. The Bertz CT molecular complexity index is 698. The fraction of sp³-hybridized carbons (Fsp3) is 1.00. The molecule has 6 N–H and O–H groups in total. The first-order chi connectivity index (χ1) is 15.4. The minimum atomic E-state index is -1.49. The molecule has 13 atom stereocenters. The average Bonchev–Trinajstić information content (AvgIpc) is 3.12. The monoisotopic (exact) mass is 468 g/mol. The van der Waals surface area contributed by atoms with Crippen molar-refractivity contribution in [3.05, 3.63) is 0 Å². The first kappa shape index (κ1) is 25.8. The van der Waals surface area contributed by atoms with Gasteiger partial charge in [-0.2, -0.15) is 0 Å². The van der Waals surface area contributed by atoms with E-state index in [9.17, 15) is 30.6 Å². The lowest BCUT2D eigenvalue weighted by molar-refractivity contribution is -0.207. The molecule has 6 unspecified atom stereocenters. The summed E-state index contributed by atoms with van der Waals surface area (Å²) in [5.74, 6) is 1.67. The molecule has 4 aliphatic carbocycles. The molecule has 4 rings (SSSR count). The SMILES string of the molecule is C[C@H](CCC(O)C(C)(O)CO)[C@H]1CC[C@H]2[C@@H]3C(O)CC4CC(O)CC[C@]4(C)[C@H]3CC(O)[C@]12C. The maximum absolute atomic E-state index is 11.6. The van der Waals surface area contributed by atoms with Crippen LogP contribution in [0.1, 0.15) is 85.5 Å². The third-order valence-corrected chi connectivity index (χ3v) is 11.5. The van der Waals surface area contributed by atoms with Crippen molar-refractivity contribution in [2.24, 2.45) is 46.3 Å². The van der Waals surface area contributed by atoms with Gasteiger partial charge in [-0.1, -0.05) is 20.8 Å². The van der Waals surface area contributed by atoms with E-state index in [1.807, 2.05) is 0 Å². The summed E-state index contributed by atoms with van der Waals surface area (Å²) >= 11 is 0. The number of rotatable bonds is 6. The van der Waals surface area contributed by atoms with Crippen LogP contribution < -0.4 is 0 Å². The van der Waals surface area contributed by atoms with Gasteiger partial charge in [0.25, 0.3) is 0 Å². The van der Waals surface area contributed by atoms with Gasteiger partial charge in [0.05, 0.1) is 31.0 Å². The highest BCUT2D eigenvalue weighted by molar-refractivity contribution is 5.14. The van der Waals surface area contributed by atoms with Crippen LogP contribution in [0.3, 0.4) is 0 Å². The fourth-order valence-corrected chi connectivity index (χ4v) is 9.17. The molecule has 0 radical (unpaired) electrons. The topological polar surface area (TPSA) is 121 Å². The summed E-state index contributed by atoms with van der Waals surface area (Å²) in [6, 6.07) is 0. The van der Waals surface area contributed by atoms with Gasteiger partial charge >= 0.3 is 0 Å². The lowest BCUT2D eigenvalue weighted by Gasteiger charge is -2.63. The molecule has 6 heteroatoms. The maximum atomic E-state index is 11.6. The summed E-state index contributed by atoms with van der Waals surface area (Å²) in [6.45, 7) is 7.77. The Morgan fingerprint density at radius 1 is 0.970 bits per heavy atom. The van der Waals surface area contributed by atoms with Crippen molar-refractivity contribution < 1.29 is 30.6 Å². The number of hydrogen-bond donors (Lipinski definition) is 6. The average molecular weight is 469 g/mol. The van der Waals surface area contributed by atoms with E-state index in [1.165, 1.54) is 6.92 Å². The van der Waals surface area contributed by atoms with Gasteiger partial charge in [-0.3, -0.25) is 0 Å². The summed E-state index contributed by atoms with van der Waals surface area (Å²) in [5, 5.41) is 63.1. The van der Waals surface area contributed by atoms with Crippen molar-refractivity contribution in [3.8, 4) is 0 Å². The molecule has 0 aromatic rings. The number of fused-ring (bicyclic) bond motifs is 5. The summed E-state index contributed by atoms with van der Waals surface area (Å²) < 4.78 is 0. The van der Waals surface area contributed by atoms with E-state index < -0.39 is 24.4 Å². The molecule has 192 valence electrons. The molecule has 6 nitrogen and oxygen atoms in total. The number of aliphatic hydroxyl groups excluding tert-OH is 5. The zero-order chi connectivity index (χ0) is 24.3. The number of aliphatic hydroxyl groups is 6. The summed E-state index contributed by atoms with van der Waals surface area (Å²) in [5.41, 5.74) is -1.68. The van der Waals surface area contributed by atoms with Gasteiger partial charge in [0.1, 0.15) is 5.60 Å². The molecule has 0 aromatic carbocycles. The first-order valence-corrected chi connectivity index (χ1v) is 13.4. The van der Waals surface area contributed by atoms with Crippen LogP contribution in [0, 0.1) is 46.3 Å². The van der Waals surface area contributed by atoms with E-state index in [1.54, 1.807) is 0 Å². The Morgan fingerprint density at radius 2 is 1.67 bits per heavy atom. The fourth-order valence-electron chi connectivity index (χ4n) is 9.17. The van der Waals surface area contributed by atoms with Crippen LogP contribution in [0.2, 0.25) is 0 Å². The Morgan fingerprint density at radius 3 is 2.33 bits per heavy atom. The molecule has 4 saturated carbocycles. The van der Waals surface area contributed by atoms with Crippen LogP contribution in [0.5, 0.6) is 0 Å². The third kappa shape index (κ3) is 4.11. The molecule has 4 aliphatic rings. The summed E-state index contributed by atoms with van der Waals surface area (Å²) in [7, 11) is 0. The molecule has 0 saturated heterocycles. The van der Waals surface area contributed by atoms with Crippen molar-refractivity contribution in [2.75, 3.05) is 6.61 Å². The molecule has 0 heterocycles. The van der Waals surface area contributed by atoms with Gasteiger partial charge in [0.15, 0.2) is 0 Å². The van der Waals surface area contributed by atoms with E-state index in [0.29, 0.717) is 24.2 Å². The normalized spacial score (nSPS) is 51.1. The van der Waals surface area contributed by atoms with Crippen molar-refractivity contribution in [3.63, 3.8) is 0 Å². The molecule has 4 fully saturated rings. The van der Waals surface area contributed by atoms with Crippen LogP contribution >= 0.6 is 0 Å². The molecule has 0 bridgehead atoms. The van der Waals surface area contributed by atoms with Crippen LogP contribution in [0.15, 0.2) is 0 Å². The van der Waals surface area contributed by atoms with Crippen LogP contribution in [0.4, 0.5) is 0 Å². The maximum Gasteiger partial charge on any atom is 0.111 e.